The topological polar surface area (TPSA) is 101 Å². The summed E-state index contributed by atoms with van der Waals surface area (Å²) in [4.78, 5) is 11.8. The van der Waals surface area contributed by atoms with Gasteiger partial charge in [-0.2, -0.15) is 0 Å². The third-order valence-corrected chi connectivity index (χ3v) is 4.45. The van der Waals surface area contributed by atoms with Crippen LogP contribution < -0.4 is 15.8 Å². The van der Waals surface area contributed by atoms with Crippen LogP contribution in [0, 0.1) is 0 Å². The summed E-state index contributed by atoms with van der Waals surface area (Å²) in [7, 11) is -3.43. The van der Waals surface area contributed by atoms with Crippen molar-refractivity contribution in [1.82, 2.24) is 10.0 Å². The Morgan fingerprint density at radius 1 is 1.27 bits per heavy atom. The van der Waals surface area contributed by atoms with E-state index in [0.717, 1.165) is 5.56 Å². The Bertz CT molecular complexity index is 559. The van der Waals surface area contributed by atoms with Gasteiger partial charge in [-0.25, -0.2) is 13.1 Å². The van der Waals surface area contributed by atoms with Crippen LogP contribution in [-0.4, -0.2) is 26.9 Å². The molecular formula is C14H24ClN3O3S. The smallest absolute Gasteiger partial charge is 0.240 e. The van der Waals surface area contributed by atoms with Gasteiger partial charge in [-0.1, -0.05) is 19.1 Å². The standard InChI is InChI=1S/C14H23N3O3S.ClH/c1-3-17-21(19,20)13-7-5-12(6-8-13)10-16-14(18)9-4-11(2)15;/h5-8,11,17H,3-4,9-10,15H2,1-2H3,(H,16,18);1H. The van der Waals surface area contributed by atoms with Gasteiger partial charge in [-0.15, -0.1) is 12.4 Å². The van der Waals surface area contributed by atoms with Gasteiger partial charge in [0, 0.05) is 25.6 Å². The van der Waals surface area contributed by atoms with Crippen LogP contribution in [0.1, 0.15) is 32.3 Å². The highest BCUT2D eigenvalue weighted by molar-refractivity contribution is 7.89. The van der Waals surface area contributed by atoms with Crippen molar-refractivity contribution in [2.45, 2.75) is 44.2 Å². The monoisotopic (exact) mass is 349 g/mol. The van der Waals surface area contributed by atoms with Gasteiger partial charge in [0.15, 0.2) is 0 Å². The molecule has 8 heteroatoms. The first-order valence-electron chi connectivity index (χ1n) is 6.96. The summed E-state index contributed by atoms with van der Waals surface area (Å²) in [5, 5.41) is 2.78. The second-order valence-electron chi connectivity index (χ2n) is 4.94. The fourth-order valence-electron chi connectivity index (χ4n) is 1.71. The number of sulfonamides is 1. The van der Waals surface area contributed by atoms with Crippen LogP contribution in [0.25, 0.3) is 0 Å². The Morgan fingerprint density at radius 2 is 1.86 bits per heavy atom. The number of hydrogen-bond donors (Lipinski definition) is 3. The maximum absolute atomic E-state index is 11.8. The van der Waals surface area contributed by atoms with Crippen LogP contribution >= 0.6 is 12.4 Å². The molecule has 6 nitrogen and oxygen atoms in total. The van der Waals surface area contributed by atoms with Gasteiger partial charge in [0.1, 0.15) is 0 Å². The summed E-state index contributed by atoms with van der Waals surface area (Å²) in [5.74, 6) is -0.0587. The van der Waals surface area contributed by atoms with Gasteiger partial charge < -0.3 is 11.1 Å². The molecule has 1 unspecified atom stereocenters. The molecule has 126 valence electrons. The van der Waals surface area contributed by atoms with Gasteiger partial charge in [0.25, 0.3) is 0 Å². The fraction of sp³-hybridized carbons (Fsp3) is 0.500. The zero-order valence-electron chi connectivity index (χ0n) is 12.8. The highest BCUT2D eigenvalue weighted by Gasteiger charge is 2.12. The summed E-state index contributed by atoms with van der Waals surface area (Å²) in [6.07, 6.45) is 1.04. The van der Waals surface area contributed by atoms with E-state index in [9.17, 15) is 13.2 Å². The Morgan fingerprint density at radius 3 is 2.36 bits per heavy atom. The van der Waals surface area contributed by atoms with Crippen LogP contribution in [0.3, 0.4) is 0 Å². The van der Waals surface area contributed by atoms with Gasteiger partial charge in [0.05, 0.1) is 4.90 Å². The van der Waals surface area contributed by atoms with E-state index in [1.807, 2.05) is 6.92 Å². The molecule has 0 radical (unpaired) electrons. The molecule has 1 rings (SSSR count). The number of benzene rings is 1. The summed E-state index contributed by atoms with van der Waals surface area (Å²) in [6, 6.07) is 6.45. The quantitative estimate of drug-likeness (QED) is 0.655. The van der Waals surface area contributed by atoms with Gasteiger partial charge in [0.2, 0.25) is 15.9 Å². The van der Waals surface area contributed by atoms with E-state index in [1.54, 1.807) is 19.1 Å². The lowest BCUT2D eigenvalue weighted by atomic mass is 10.2. The van der Waals surface area contributed by atoms with E-state index in [0.29, 0.717) is 25.9 Å². The van der Waals surface area contributed by atoms with Crippen molar-refractivity contribution in [3.63, 3.8) is 0 Å². The molecule has 1 aromatic rings. The predicted molar refractivity (Wildman–Crippen MR) is 89.3 cm³/mol. The van der Waals surface area contributed by atoms with E-state index >= 15 is 0 Å². The molecule has 0 aromatic heterocycles. The molecule has 0 heterocycles. The van der Waals surface area contributed by atoms with Crippen molar-refractivity contribution >= 4 is 28.3 Å². The molecular weight excluding hydrogens is 326 g/mol. The maximum Gasteiger partial charge on any atom is 0.240 e. The number of carbonyl (C=O) groups is 1. The average molecular weight is 350 g/mol. The minimum Gasteiger partial charge on any atom is -0.352 e. The van der Waals surface area contributed by atoms with Crippen molar-refractivity contribution in [3.05, 3.63) is 29.8 Å². The van der Waals surface area contributed by atoms with Crippen molar-refractivity contribution in [2.24, 2.45) is 5.73 Å². The summed E-state index contributed by atoms with van der Waals surface area (Å²) in [6.45, 7) is 4.31. The van der Waals surface area contributed by atoms with Gasteiger partial charge in [-0.05, 0) is 31.0 Å². The number of halogens is 1. The Labute approximate surface area is 138 Å². The van der Waals surface area contributed by atoms with E-state index in [4.69, 9.17) is 5.73 Å². The zero-order chi connectivity index (χ0) is 15.9. The summed E-state index contributed by atoms with van der Waals surface area (Å²) < 4.78 is 26.0. The molecule has 0 aliphatic rings. The Hall–Kier alpha value is -1.15. The lowest BCUT2D eigenvalue weighted by Crippen LogP contribution is -2.25. The lowest BCUT2D eigenvalue weighted by molar-refractivity contribution is -0.121. The summed E-state index contributed by atoms with van der Waals surface area (Å²) in [5.41, 5.74) is 6.43. The van der Waals surface area contributed by atoms with E-state index < -0.39 is 10.0 Å². The van der Waals surface area contributed by atoms with Crippen LogP contribution in [-0.2, 0) is 21.4 Å². The molecule has 0 bridgehead atoms. The summed E-state index contributed by atoms with van der Waals surface area (Å²) >= 11 is 0. The lowest BCUT2D eigenvalue weighted by Gasteiger charge is -2.08. The molecule has 1 atom stereocenters. The molecule has 1 amide bonds. The molecule has 0 aliphatic heterocycles. The van der Waals surface area contributed by atoms with Crippen LogP contribution in [0.5, 0.6) is 0 Å². The number of rotatable bonds is 8. The number of amides is 1. The Kier molecular flexibility index (Phi) is 9.27. The van der Waals surface area contributed by atoms with Crippen LogP contribution in [0.4, 0.5) is 0 Å². The SMILES string of the molecule is CCNS(=O)(=O)c1ccc(CNC(=O)CCC(C)N)cc1.Cl. The number of hydrogen-bond acceptors (Lipinski definition) is 4. The van der Waals surface area contributed by atoms with Crippen LogP contribution in [0.2, 0.25) is 0 Å². The number of nitrogens with two attached hydrogens (primary N) is 1. The molecule has 0 saturated heterocycles. The molecule has 1 aromatic carbocycles. The van der Waals surface area contributed by atoms with Gasteiger partial charge >= 0.3 is 0 Å². The van der Waals surface area contributed by atoms with Gasteiger partial charge in [-0.3, -0.25) is 4.79 Å². The van der Waals surface area contributed by atoms with Crippen molar-refractivity contribution in [1.29, 1.82) is 0 Å². The fourth-order valence-corrected chi connectivity index (χ4v) is 2.75. The van der Waals surface area contributed by atoms with Crippen molar-refractivity contribution in [2.75, 3.05) is 6.54 Å². The zero-order valence-corrected chi connectivity index (χ0v) is 14.5. The molecule has 0 fully saturated rings. The van der Waals surface area contributed by atoms with Crippen molar-refractivity contribution in [3.8, 4) is 0 Å². The first kappa shape index (κ1) is 20.9. The van der Waals surface area contributed by atoms with Crippen LogP contribution in [0.15, 0.2) is 29.2 Å². The maximum atomic E-state index is 11.8. The van der Waals surface area contributed by atoms with Crippen molar-refractivity contribution < 1.29 is 13.2 Å². The highest BCUT2D eigenvalue weighted by Crippen LogP contribution is 2.10. The third kappa shape index (κ3) is 7.22. The van der Waals surface area contributed by atoms with E-state index in [1.165, 1.54) is 12.1 Å². The minimum absolute atomic E-state index is 0. The third-order valence-electron chi connectivity index (χ3n) is 2.88. The minimum atomic E-state index is -3.43. The average Bonchev–Trinajstić information content (AvgIpc) is 2.43. The normalized spacial score (nSPS) is 12.3. The first-order valence-corrected chi connectivity index (χ1v) is 8.44. The Balaban J connectivity index is 0.00000441. The number of carbonyl (C=O) groups excluding carboxylic acids is 1. The highest BCUT2D eigenvalue weighted by atomic mass is 35.5. The number of nitrogens with one attached hydrogen (secondary N) is 2. The first-order chi connectivity index (χ1) is 9.85. The van der Waals surface area contributed by atoms with E-state index in [-0.39, 0.29) is 29.3 Å². The molecule has 0 spiro atoms. The predicted octanol–water partition coefficient (Wildman–Crippen LogP) is 1.15. The largest absolute Gasteiger partial charge is 0.352 e. The second kappa shape index (κ2) is 9.78. The van der Waals surface area contributed by atoms with E-state index in [2.05, 4.69) is 10.0 Å². The molecule has 4 N–H and O–H groups in total. The molecule has 22 heavy (non-hydrogen) atoms. The second-order valence-corrected chi connectivity index (χ2v) is 6.70. The molecule has 0 saturated carbocycles. The molecule has 0 aliphatic carbocycles.